The number of benzene rings is 2. The molecule has 2 heteroatoms. The van der Waals surface area contributed by atoms with Crippen molar-refractivity contribution in [3.05, 3.63) is 59.7 Å². The maximum atomic E-state index is 5.82. The molecule has 2 rings (SSSR count). The highest BCUT2D eigenvalue weighted by Crippen LogP contribution is 2.24. The van der Waals surface area contributed by atoms with Gasteiger partial charge in [0.15, 0.2) is 0 Å². The molecule has 2 aromatic rings. The Labute approximate surface area is 121 Å². The molecule has 2 nitrogen and oxygen atoms in total. The zero-order chi connectivity index (χ0) is 14.4. The molecule has 0 heterocycles. The van der Waals surface area contributed by atoms with E-state index in [4.69, 9.17) is 9.47 Å². The summed E-state index contributed by atoms with van der Waals surface area (Å²) in [4.78, 5) is 0. The predicted octanol–water partition coefficient (Wildman–Crippen LogP) is 4.58. The normalized spacial score (nSPS) is 10.6. The molecule has 0 spiro atoms. The molecule has 0 saturated heterocycles. The Morgan fingerprint density at radius 3 is 2.30 bits per heavy atom. The van der Waals surface area contributed by atoms with Crippen LogP contribution in [0, 0.1) is 6.92 Å². The highest BCUT2D eigenvalue weighted by Gasteiger charge is 2.04. The van der Waals surface area contributed by atoms with Crippen LogP contribution in [-0.4, -0.2) is 13.2 Å². The van der Waals surface area contributed by atoms with Gasteiger partial charge in [-0.15, -0.1) is 0 Å². The van der Waals surface area contributed by atoms with E-state index < -0.39 is 0 Å². The van der Waals surface area contributed by atoms with Crippen LogP contribution in [0.25, 0.3) is 0 Å². The highest BCUT2D eigenvalue weighted by atomic mass is 16.5. The van der Waals surface area contributed by atoms with Gasteiger partial charge in [0.25, 0.3) is 0 Å². The first kappa shape index (κ1) is 14.4. The number of aryl methyl sites for hydroxylation is 1. The maximum absolute atomic E-state index is 5.82. The molecule has 0 unspecified atom stereocenters. The van der Waals surface area contributed by atoms with Crippen molar-refractivity contribution < 1.29 is 9.47 Å². The molecule has 0 aromatic heterocycles. The number of rotatable bonds is 6. The Bertz CT molecular complexity index is 532. The third kappa shape index (κ3) is 4.02. The molecule has 106 valence electrons. The topological polar surface area (TPSA) is 18.5 Å². The quantitative estimate of drug-likeness (QED) is 0.715. The summed E-state index contributed by atoms with van der Waals surface area (Å²) in [6.07, 6.45) is 0. The molecule has 0 N–H and O–H groups in total. The Morgan fingerprint density at radius 2 is 1.60 bits per heavy atom. The van der Waals surface area contributed by atoms with Crippen LogP contribution in [0.4, 0.5) is 0 Å². The molecular weight excluding hydrogens is 248 g/mol. The first-order valence-corrected chi connectivity index (χ1v) is 7.08. The van der Waals surface area contributed by atoms with Crippen LogP contribution < -0.4 is 9.47 Å². The second kappa shape index (κ2) is 6.99. The van der Waals surface area contributed by atoms with Crippen LogP contribution in [0.15, 0.2) is 48.5 Å². The highest BCUT2D eigenvalue weighted by molar-refractivity contribution is 5.37. The van der Waals surface area contributed by atoms with Crippen LogP contribution in [0.1, 0.15) is 30.9 Å². The van der Waals surface area contributed by atoms with Crippen molar-refractivity contribution >= 4 is 0 Å². The zero-order valence-electron chi connectivity index (χ0n) is 12.4. The SMILES string of the molecule is Cc1ccc(C(C)C)cc1OCCOc1ccccc1. The van der Waals surface area contributed by atoms with E-state index in [1.165, 1.54) is 5.56 Å². The van der Waals surface area contributed by atoms with Gasteiger partial charge >= 0.3 is 0 Å². The number of hydrogen-bond acceptors (Lipinski definition) is 2. The lowest BCUT2D eigenvalue weighted by atomic mass is 10.0. The molecule has 0 aliphatic heterocycles. The molecule has 0 radical (unpaired) electrons. The summed E-state index contributed by atoms with van der Waals surface area (Å²) in [6.45, 7) is 7.55. The summed E-state index contributed by atoms with van der Waals surface area (Å²) in [7, 11) is 0. The van der Waals surface area contributed by atoms with Gasteiger partial charge in [-0.1, -0.05) is 44.2 Å². The standard InChI is InChI=1S/C18H22O2/c1-14(2)16-10-9-15(3)18(13-16)20-12-11-19-17-7-5-4-6-8-17/h4-10,13-14H,11-12H2,1-3H3. The van der Waals surface area contributed by atoms with E-state index >= 15 is 0 Å². The van der Waals surface area contributed by atoms with E-state index in [2.05, 4.69) is 39.0 Å². The molecule has 0 aliphatic rings. The average molecular weight is 270 g/mol. The van der Waals surface area contributed by atoms with Gasteiger partial charge < -0.3 is 9.47 Å². The largest absolute Gasteiger partial charge is 0.490 e. The minimum Gasteiger partial charge on any atom is -0.490 e. The van der Waals surface area contributed by atoms with Gasteiger partial charge in [0.05, 0.1) is 0 Å². The van der Waals surface area contributed by atoms with Gasteiger partial charge in [0, 0.05) is 0 Å². The fourth-order valence-electron chi connectivity index (χ4n) is 1.96. The molecule has 0 fully saturated rings. The van der Waals surface area contributed by atoms with Crippen LogP contribution in [0.2, 0.25) is 0 Å². The number of ether oxygens (including phenoxy) is 2. The smallest absolute Gasteiger partial charge is 0.122 e. The maximum Gasteiger partial charge on any atom is 0.122 e. The van der Waals surface area contributed by atoms with Gasteiger partial charge in [-0.25, -0.2) is 0 Å². The fourth-order valence-corrected chi connectivity index (χ4v) is 1.96. The monoisotopic (exact) mass is 270 g/mol. The van der Waals surface area contributed by atoms with Crippen LogP contribution >= 0.6 is 0 Å². The first-order valence-electron chi connectivity index (χ1n) is 7.08. The minimum atomic E-state index is 0.513. The molecule has 2 aromatic carbocycles. The van der Waals surface area contributed by atoms with Crippen molar-refractivity contribution in [1.29, 1.82) is 0 Å². The number of hydrogen-bond donors (Lipinski definition) is 0. The lowest BCUT2D eigenvalue weighted by molar-refractivity contribution is 0.216. The van der Waals surface area contributed by atoms with E-state index in [9.17, 15) is 0 Å². The molecule has 0 saturated carbocycles. The third-order valence-electron chi connectivity index (χ3n) is 3.23. The second-order valence-corrected chi connectivity index (χ2v) is 5.19. The number of para-hydroxylation sites is 1. The third-order valence-corrected chi connectivity index (χ3v) is 3.23. The van der Waals surface area contributed by atoms with Crippen molar-refractivity contribution in [1.82, 2.24) is 0 Å². The average Bonchev–Trinajstić information content (AvgIpc) is 2.46. The van der Waals surface area contributed by atoms with Crippen molar-refractivity contribution in [3.8, 4) is 11.5 Å². The van der Waals surface area contributed by atoms with Crippen LogP contribution in [-0.2, 0) is 0 Å². The van der Waals surface area contributed by atoms with Crippen molar-refractivity contribution in [2.75, 3.05) is 13.2 Å². The Hall–Kier alpha value is -1.96. The lowest BCUT2D eigenvalue weighted by Crippen LogP contribution is -2.09. The minimum absolute atomic E-state index is 0.513. The van der Waals surface area contributed by atoms with Crippen LogP contribution in [0.3, 0.4) is 0 Å². The Kier molecular flexibility index (Phi) is 5.05. The van der Waals surface area contributed by atoms with Gasteiger partial charge in [-0.3, -0.25) is 0 Å². The zero-order valence-corrected chi connectivity index (χ0v) is 12.4. The first-order chi connectivity index (χ1) is 9.66. The van der Waals surface area contributed by atoms with Crippen molar-refractivity contribution in [3.63, 3.8) is 0 Å². The van der Waals surface area contributed by atoms with Gasteiger partial charge in [0.1, 0.15) is 24.7 Å². The van der Waals surface area contributed by atoms with E-state index in [0.717, 1.165) is 17.1 Å². The van der Waals surface area contributed by atoms with E-state index in [1.54, 1.807) is 0 Å². The van der Waals surface area contributed by atoms with Gasteiger partial charge in [-0.2, -0.15) is 0 Å². The Morgan fingerprint density at radius 1 is 0.900 bits per heavy atom. The van der Waals surface area contributed by atoms with Crippen LogP contribution in [0.5, 0.6) is 11.5 Å². The predicted molar refractivity (Wildman–Crippen MR) is 82.7 cm³/mol. The summed E-state index contributed by atoms with van der Waals surface area (Å²) in [5, 5.41) is 0. The van der Waals surface area contributed by atoms with Crippen molar-refractivity contribution in [2.24, 2.45) is 0 Å². The second-order valence-electron chi connectivity index (χ2n) is 5.19. The summed E-state index contributed by atoms with van der Waals surface area (Å²) < 4.78 is 11.4. The van der Waals surface area contributed by atoms with E-state index in [1.807, 2.05) is 30.3 Å². The summed E-state index contributed by atoms with van der Waals surface area (Å²) in [5.41, 5.74) is 2.46. The van der Waals surface area contributed by atoms with E-state index in [0.29, 0.717) is 19.1 Å². The molecule has 0 aliphatic carbocycles. The summed E-state index contributed by atoms with van der Waals surface area (Å²) in [6, 6.07) is 16.2. The van der Waals surface area contributed by atoms with Crippen molar-refractivity contribution in [2.45, 2.75) is 26.7 Å². The molecule has 20 heavy (non-hydrogen) atoms. The van der Waals surface area contributed by atoms with Gasteiger partial charge in [0.2, 0.25) is 0 Å². The fraction of sp³-hybridized carbons (Fsp3) is 0.333. The Balaban J connectivity index is 1.86. The molecular formula is C18H22O2. The molecule has 0 amide bonds. The van der Waals surface area contributed by atoms with Gasteiger partial charge in [-0.05, 0) is 42.2 Å². The molecule has 0 bridgehead atoms. The summed E-state index contributed by atoms with van der Waals surface area (Å²) in [5.74, 6) is 2.34. The molecule has 0 atom stereocenters. The summed E-state index contributed by atoms with van der Waals surface area (Å²) >= 11 is 0. The lowest BCUT2D eigenvalue weighted by Gasteiger charge is -2.13. The van der Waals surface area contributed by atoms with E-state index in [-0.39, 0.29) is 0 Å².